The van der Waals surface area contributed by atoms with Gasteiger partial charge in [-0.05, 0) is 29.8 Å². The van der Waals surface area contributed by atoms with Crippen molar-refractivity contribution in [3.05, 3.63) is 65.7 Å². The van der Waals surface area contributed by atoms with Crippen LogP contribution in [0.25, 0.3) is 11.5 Å². The van der Waals surface area contributed by atoms with Gasteiger partial charge in [-0.15, -0.1) is 0 Å². The Kier molecular flexibility index (Phi) is 5.23. The lowest BCUT2D eigenvalue weighted by molar-refractivity contribution is 0.0231. The highest BCUT2D eigenvalue weighted by Crippen LogP contribution is 2.32. The zero-order chi connectivity index (χ0) is 23.1. The van der Waals surface area contributed by atoms with Crippen molar-refractivity contribution in [2.24, 2.45) is 12.1 Å². The molecule has 2 aromatic heterocycles. The smallest absolute Gasteiger partial charge is 0.341 e. The summed E-state index contributed by atoms with van der Waals surface area (Å²) in [5.41, 5.74) is 0.784. The summed E-state index contributed by atoms with van der Waals surface area (Å²) in [6, 6.07) is 4.91. The first-order valence-electron chi connectivity index (χ1n) is 10.3. The Labute approximate surface area is 186 Å². The molecule has 1 aromatic carbocycles. The van der Waals surface area contributed by atoms with Crippen LogP contribution in [0.4, 0.5) is 18.0 Å². The van der Waals surface area contributed by atoms with Crippen molar-refractivity contribution in [3.63, 3.8) is 0 Å². The molecule has 0 spiro atoms. The monoisotopic (exact) mass is 456 g/mol. The number of urea groups is 1. The molecule has 11 heteroatoms. The maximum absolute atomic E-state index is 14.3. The van der Waals surface area contributed by atoms with Gasteiger partial charge >= 0.3 is 6.03 Å². The average molecular weight is 456 g/mol. The second kappa shape index (κ2) is 8.23. The lowest BCUT2D eigenvalue weighted by Crippen LogP contribution is -2.59. The second-order valence-corrected chi connectivity index (χ2v) is 7.87. The van der Waals surface area contributed by atoms with Crippen LogP contribution < -0.4 is 4.74 Å². The summed E-state index contributed by atoms with van der Waals surface area (Å²) in [5.74, 6) is -1.65. The van der Waals surface area contributed by atoms with Crippen molar-refractivity contribution in [2.75, 3.05) is 13.1 Å². The summed E-state index contributed by atoms with van der Waals surface area (Å²) in [6.45, 7) is 0.395. The highest BCUT2D eigenvalue weighted by molar-refractivity contribution is 5.79. The lowest BCUT2D eigenvalue weighted by atomic mass is 10.0. The molecule has 170 valence electrons. The van der Waals surface area contributed by atoms with Gasteiger partial charge in [0.1, 0.15) is 23.4 Å². The van der Waals surface area contributed by atoms with Crippen LogP contribution in [-0.4, -0.2) is 55.9 Å². The third-order valence-electron chi connectivity index (χ3n) is 5.56. The van der Waals surface area contributed by atoms with Crippen LogP contribution in [-0.2, 0) is 7.05 Å². The van der Waals surface area contributed by atoms with Gasteiger partial charge in [-0.3, -0.25) is 0 Å². The fourth-order valence-corrected chi connectivity index (χ4v) is 3.86. The van der Waals surface area contributed by atoms with Crippen molar-refractivity contribution in [3.8, 4) is 17.4 Å². The number of amides is 2. The van der Waals surface area contributed by atoms with Crippen LogP contribution in [0, 0.1) is 17.5 Å². The number of hydrogen-bond acceptors (Lipinski definition) is 5. The van der Waals surface area contributed by atoms with Gasteiger partial charge < -0.3 is 14.2 Å². The van der Waals surface area contributed by atoms with Crippen LogP contribution in [0.5, 0.6) is 5.88 Å². The number of aryl methyl sites for hydroxylation is 1. The van der Waals surface area contributed by atoms with Gasteiger partial charge in [0.15, 0.2) is 11.6 Å². The summed E-state index contributed by atoms with van der Waals surface area (Å²) < 4.78 is 48.9. The highest BCUT2D eigenvalue weighted by Gasteiger charge is 2.39. The largest absolute Gasteiger partial charge is 0.468 e. The maximum Gasteiger partial charge on any atom is 0.341 e. The van der Waals surface area contributed by atoms with Crippen molar-refractivity contribution >= 4 is 12.2 Å². The summed E-state index contributed by atoms with van der Waals surface area (Å²) in [4.78, 5) is 22.8. The molecule has 2 aliphatic heterocycles. The first-order valence-corrected chi connectivity index (χ1v) is 10.3. The molecule has 0 bridgehead atoms. The third kappa shape index (κ3) is 4.01. The van der Waals surface area contributed by atoms with E-state index in [-0.39, 0.29) is 19.0 Å². The lowest BCUT2D eigenvalue weighted by Gasteiger charge is -2.40. The van der Waals surface area contributed by atoms with Gasteiger partial charge in [-0.1, -0.05) is 0 Å². The number of carbonyl (C=O) groups is 1. The van der Waals surface area contributed by atoms with Gasteiger partial charge in [0.25, 0.3) is 5.88 Å². The Morgan fingerprint density at radius 2 is 1.88 bits per heavy atom. The normalized spacial score (nSPS) is 18.0. The quantitative estimate of drug-likeness (QED) is 0.602. The molecule has 0 saturated carbocycles. The van der Waals surface area contributed by atoms with Crippen LogP contribution in [0.1, 0.15) is 18.0 Å². The Morgan fingerprint density at radius 1 is 1.12 bits per heavy atom. The predicted molar refractivity (Wildman–Crippen MR) is 112 cm³/mol. The van der Waals surface area contributed by atoms with Gasteiger partial charge in [0, 0.05) is 38.1 Å². The zero-order valence-corrected chi connectivity index (χ0v) is 17.5. The summed E-state index contributed by atoms with van der Waals surface area (Å²) >= 11 is 0. The molecule has 0 unspecified atom stereocenters. The van der Waals surface area contributed by atoms with E-state index in [1.54, 1.807) is 24.0 Å². The molecule has 1 fully saturated rings. The number of hydrazone groups is 1. The van der Waals surface area contributed by atoms with E-state index in [1.165, 1.54) is 40.4 Å². The molecule has 1 saturated heterocycles. The Hall–Kier alpha value is -3.89. The Morgan fingerprint density at radius 3 is 2.58 bits per heavy atom. The van der Waals surface area contributed by atoms with E-state index >= 15 is 0 Å². The molecule has 3 aromatic rings. The van der Waals surface area contributed by atoms with Crippen molar-refractivity contribution in [2.45, 2.75) is 18.6 Å². The number of pyridine rings is 1. The topological polar surface area (TPSA) is 75.8 Å². The molecule has 0 N–H and O–H groups in total. The van der Waals surface area contributed by atoms with E-state index < -0.39 is 35.6 Å². The van der Waals surface area contributed by atoms with E-state index in [9.17, 15) is 18.0 Å². The number of likely N-dealkylation sites (tertiary alicyclic amines) is 1. The molecule has 33 heavy (non-hydrogen) atoms. The van der Waals surface area contributed by atoms with E-state index in [1.807, 2.05) is 0 Å². The first-order chi connectivity index (χ1) is 15.9. The number of imidazole rings is 1. The number of hydrogen-bond donors (Lipinski definition) is 0. The SMILES string of the molecule is Cn1ccnc1-c1ccc(F)c(OC2CN(C(=O)N3N=CC[C@H]3c3cc(F)cc(F)c3)C2)n1. The summed E-state index contributed by atoms with van der Waals surface area (Å²) in [5, 5.41) is 5.28. The third-order valence-corrected chi connectivity index (χ3v) is 5.56. The number of benzene rings is 1. The predicted octanol–water partition coefficient (Wildman–Crippen LogP) is 3.52. The maximum atomic E-state index is 14.3. The first kappa shape index (κ1) is 21.0. The standard InChI is InChI=1S/C22H19F3N6O2/c1-29-7-6-26-20(29)18-3-2-17(25)21(28-18)33-16-11-30(12-16)22(32)31-19(4-5-27-31)13-8-14(23)10-15(24)9-13/h2-3,5-10,16,19H,4,11-12H2,1H3/t19-/m0/s1. The number of ether oxygens (including phenoxy) is 1. The molecule has 5 rings (SSSR count). The minimum atomic E-state index is -0.719. The van der Waals surface area contributed by atoms with Crippen LogP contribution in [0.15, 0.2) is 47.8 Å². The molecular formula is C22H19F3N6O2. The molecule has 0 aliphatic carbocycles. The Bertz CT molecular complexity index is 1220. The molecule has 2 amide bonds. The number of carbonyl (C=O) groups excluding carboxylic acids is 1. The molecular weight excluding hydrogens is 437 g/mol. The zero-order valence-electron chi connectivity index (χ0n) is 17.5. The molecule has 1 atom stereocenters. The number of nitrogens with zero attached hydrogens (tertiary/aromatic N) is 6. The number of aromatic nitrogens is 3. The van der Waals surface area contributed by atoms with E-state index in [4.69, 9.17) is 4.74 Å². The summed E-state index contributed by atoms with van der Waals surface area (Å²) in [6.07, 6.45) is 4.79. The van der Waals surface area contributed by atoms with Crippen LogP contribution in [0.3, 0.4) is 0 Å². The van der Waals surface area contributed by atoms with Gasteiger partial charge in [-0.2, -0.15) is 5.10 Å². The van der Waals surface area contributed by atoms with Crippen molar-refractivity contribution < 1.29 is 22.7 Å². The van der Waals surface area contributed by atoms with E-state index in [2.05, 4.69) is 15.1 Å². The number of rotatable bonds is 4. The Balaban J connectivity index is 1.24. The van der Waals surface area contributed by atoms with Crippen molar-refractivity contribution in [1.29, 1.82) is 0 Å². The fourth-order valence-electron chi connectivity index (χ4n) is 3.86. The minimum absolute atomic E-state index is 0.167. The number of halogens is 3. The van der Waals surface area contributed by atoms with E-state index in [0.717, 1.165) is 6.07 Å². The minimum Gasteiger partial charge on any atom is -0.468 e. The second-order valence-electron chi connectivity index (χ2n) is 7.87. The van der Waals surface area contributed by atoms with Crippen molar-refractivity contribution in [1.82, 2.24) is 24.4 Å². The van der Waals surface area contributed by atoms with Crippen LogP contribution in [0.2, 0.25) is 0 Å². The molecule has 4 heterocycles. The summed E-state index contributed by atoms with van der Waals surface area (Å²) in [7, 11) is 1.80. The fraction of sp³-hybridized carbons (Fsp3) is 0.273. The van der Waals surface area contributed by atoms with E-state index in [0.29, 0.717) is 23.5 Å². The van der Waals surface area contributed by atoms with Crippen LogP contribution >= 0.6 is 0 Å². The molecule has 8 nitrogen and oxygen atoms in total. The average Bonchev–Trinajstić information content (AvgIpc) is 3.39. The van der Waals surface area contributed by atoms with Gasteiger partial charge in [0.2, 0.25) is 0 Å². The highest BCUT2D eigenvalue weighted by atomic mass is 19.1. The van der Waals surface area contributed by atoms with Gasteiger partial charge in [0.05, 0.1) is 19.1 Å². The van der Waals surface area contributed by atoms with Gasteiger partial charge in [-0.25, -0.2) is 32.9 Å². The molecule has 0 radical (unpaired) electrons. The molecule has 2 aliphatic rings.